The third-order valence-electron chi connectivity index (χ3n) is 2.78. The van der Waals surface area contributed by atoms with Gasteiger partial charge in [-0.1, -0.05) is 44.5 Å². The van der Waals surface area contributed by atoms with E-state index in [1.165, 1.54) is 0 Å². The Hall–Kier alpha value is -0.820. The molecule has 0 saturated carbocycles. The van der Waals surface area contributed by atoms with Crippen molar-refractivity contribution in [1.29, 1.82) is 0 Å². The van der Waals surface area contributed by atoms with Crippen molar-refractivity contribution in [2.75, 3.05) is 0 Å². The van der Waals surface area contributed by atoms with E-state index in [-0.39, 0.29) is 11.7 Å². The molecule has 15 heavy (non-hydrogen) atoms. The molecule has 1 atom stereocenters. The third-order valence-corrected chi connectivity index (χ3v) is 3.01. The van der Waals surface area contributed by atoms with Gasteiger partial charge in [0.1, 0.15) is 5.78 Å². The second-order valence-electron chi connectivity index (χ2n) is 4.31. The van der Waals surface area contributed by atoms with Gasteiger partial charge in [-0.15, -0.1) is 0 Å². The number of benzene rings is 1. The van der Waals surface area contributed by atoms with Gasteiger partial charge < -0.3 is 0 Å². The molecule has 0 saturated heterocycles. The van der Waals surface area contributed by atoms with Crippen LogP contribution in [-0.4, -0.2) is 5.78 Å². The number of rotatable bonds is 4. The fraction of sp³-hybridized carbons (Fsp3) is 0.462. The number of carbonyl (C=O) groups excluding carboxylic acids is 1. The van der Waals surface area contributed by atoms with Crippen LogP contribution in [0.1, 0.15) is 26.3 Å². The molecule has 0 aliphatic carbocycles. The fourth-order valence-electron chi connectivity index (χ4n) is 1.38. The minimum Gasteiger partial charge on any atom is -0.299 e. The van der Waals surface area contributed by atoms with E-state index in [0.717, 1.165) is 5.56 Å². The van der Waals surface area contributed by atoms with Gasteiger partial charge in [0.2, 0.25) is 0 Å². The van der Waals surface area contributed by atoms with E-state index in [1.807, 2.05) is 31.2 Å². The summed E-state index contributed by atoms with van der Waals surface area (Å²) in [5.41, 5.74) is 1.00. The van der Waals surface area contributed by atoms with Crippen molar-refractivity contribution in [3.05, 3.63) is 34.9 Å². The summed E-state index contributed by atoms with van der Waals surface area (Å²) in [6.07, 6.45) is 0.486. The molecule has 0 N–H and O–H groups in total. The predicted molar refractivity (Wildman–Crippen MR) is 64.2 cm³/mol. The largest absolute Gasteiger partial charge is 0.299 e. The Kier molecular flexibility index (Phi) is 4.34. The normalized spacial score (nSPS) is 12.9. The quantitative estimate of drug-likeness (QED) is 0.762. The molecule has 2 heteroatoms. The molecule has 1 rings (SSSR count). The van der Waals surface area contributed by atoms with E-state index < -0.39 is 0 Å². The predicted octanol–water partition coefficient (Wildman–Crippen LogP) is 3.74. The molecule has 0 amide bonds. The Morgan fingerprint density at radius 1 is 1.33 bits per heavy atom. The van der Waals surface area contributed by atoms with Crippen molar-refractivity contribution in [3.63, 3.8) is 0 Å². The van der Waals surface area contributed by atoms with Gasteiger partial charge in [0.05, 0.1) is 0 Å². The smallest absolute Gasteiger partial charge is 0.140 e. The summed E-state index contributed by atoms with van der Waals surface area (Å²) in [5, 5.41) is 0.692. The van der Waals surface area contributed by atoms with Gasteiger partial charge in [0.25, 0.3) is 0 Å². The molecule has 0 aliphatic rings. The van der Waals surface area contributed by atoms with Crippen LogP contribution in [0, 0.1) is 11.8 Å². The van der Waals surface area contributed by atoms with E-state index in [1.54, 1.807) is 0 Å². The highest BCUT2D eigenvalue weighted by molar-refractivity contribution is 6.30. The van der Waals surface area contributed by atoms with E-state index in [2.05, 4.69) is 13.8 Å². The van der Waals surface area contributed by atoms with Crippen molar-refractivity contribution < 1.29 is 4.79 Å². The number of ketones is 1. The zero-order chi connectivity index (χ0) is 11.4. The van der Waals surface area contributed by atoms with E-state index in [4.69, 9.17) is 11.6 Å². The maximum Gasteiger partial charge on any atom is 0.140 e. The molecular formula is C13H17ClO. The summed E-state index contributed by atoms with van der Waals surface area (Å²) in [5.74, 6) is 0.799. The first-order valence-corrected chi connectivity index (χ1v) is 5.65. The summed E-state index contributed by atoms with van der Waals surface area (Å²) < 4.78 is 0. The molecule has 0 spiro atoms. The number of hydrogen-bond acceptors (Lipinski definition) is 1. The first kappa shape index (κ1) is 12.3. The standard InChI is InChI=1S/C13H17ClO/c1-9(2)10(3)13(15)8-11-5-4-6-12(14)7-11/h4-7,9-10H,8H2,1-3H3. The highest BCUT2D eigenvalue weighted by Gasteiger charge is 2.16. The van der Waals surface area contributed by atoms with Crippen molar-refractivity contribution in [2.45, 2.75) is 27.2 Å². The molecular weight excluding hydrogens is 208 g/mol. The molecule has 1 aromatic carbocycles. The molecule has 0 aromatic heterocycles. The highest BCUT2D eigenvalue weighted by Crippen LogP contribution is 2.16. The average molecular weight is 225 g/mol. The Bertz CT molecular complexity index is 344. The summed E-state index contributed by atoms with van der Waals surface area (Å²) in [7, 11) is 0. The summed E-state index contributed by atoms with van der Waals surface area (Å²) in [6, 6.07) is 7.50. The minimum atomic E-state index is 0.115. The molecule has 0 aliphatic heterocycles. The van der Waals surface area contributed by atoms with Crippen LogP contribution in [0.3, 0.4) is 0 Å². The van der Waals surface area contributed by atoms with Gasteiger partial charge in [-0.05, 0) is 23.6 Å². The summed E-state index contributed by atoms with van der Waals surface area (Å²) in [4.78, 5) is 11.8. The Balaban J connectivity index is 2.66. The van der Waals surface area contributed by atoms with Crippen LogP contribution < -0.4 is 0 Å². The maximum absolute atomic E-state index is 11.8. The Morgan fingerprint density at radius 3 is 2.53 bits per heavy atom. The summed E-state index contributed by atoms with van der Waals surface area (Å²) >= 11 is 5.86. The monoisotopic (exact) mass is 224 g/mol. The van der Waals surface area contributed by atoms with Crippen LogP contribution in [0.15, 0.2) is 24.3 Å². The lowest BCUT2D eigenvalue weighted by molar-refractivity contribution is -0.122. The molecule has 0 bridgehead atoms. The molecule has 1 aromatic rings. The number of Topliss-reactive ketones (excluding diaryl/α,β-unsaturated/α-hetero) is 1. The summed E-state index contributed by atoms with van der Waals surface area (Å²) in [6.45, 7) is 6.12. The van der Waals surface area contributed by atoms with E-state index >= 15 is 0 Å². The van der Waals surface area contributed by atoms with Crippen LogP contribution in [-0.2, 0) is 11.2 Å². The van der Waals surface area contributed by atoms with E-state index in [9.17, 15) is 4.79 Å². The third kappa shape index (κ3) is 3.67. The van der Waals surface area contributed by atoms with Crippen LogP contribution in [0.4, 0.5) is 0 Å². The lowest BCUT2D eigenvalue weighted by atomic mass is 9.90. The Morgan fingerprint density at radius 2 is 2.00 bits per heavy atom. The molecule has 1 unspecified atom stereocenters. The minimum absolute atomic E-state index is 0.115. The van der Waals surface area contributed by atoms with Crippen LogP contribution in [0.25, 0.3) is 0 Å². The van der Waals surface area contributed by atoms with Crippen LogP contribution in [0.2, 0.25) is 5.02 Å². The van der Waals surface area contributed by atoms with Gasteiger partial charge in [-0.3, -0.25) is 4.79 Å². The van der Waals surface area contributed by atoms with Gasteiger partial charge >= 0.3 is 0 Å². The number of carbonyl (C=O) groups is 1. The highest BCUT2D eigenvalue weighted by atomic mass is 35.5. The fourth-order valence-corrected chi connectivity index (χ4v) is 1.59. The van der Waals surface area contributed by atoms with Gasteiger partial charge in [0.15, 0.2) is 0 Å². The zero-order valence-electron chi connectivity index (χ0n) is 9.46. The molecule has 0 heterocycles. The second-order valence-corrected chi connectivity index (χ2v) is 4.74. The molecule has 0 radical (unpaired) electrons. The lowest BCUT2D eigenvalue weighted by Gasteiger charge is -2.13. The maximum atomic E-state index is 11.8. The Labute approximate surface area is 96.5 Å². The van der Waals surface area contributed by atoms with Gasteiger partial charge in [0, 0.05) is 17.4 Å². The SMILES string of the molecule is CC(C)C(C)C(=O)Cc1cccc(Cl)c1. The molecule has 0 fully saturated rings. The van der Waals surface area contributed by atoms with Crippen molar-refractivity contribution in [3.8, 4) is 0 Å². The lowest BCUT2D eigenvalue weighted by Crippen LogP contribution is -2.18. The topological polar surface area (TPSA) is 17.1 Å². The number of hydrogen-bond donors (Lipinski definition) is 0. The van der Waals surface area contributed by atoms with Crippen LogP contribution >= 0.6 is 11.6 Å². The van der Waals surface area contributed by atoms with Crippen molar-refractivity contribution in [1.82, 2.24) is 0 Å². The van der Waals surface area contributed by atoms with Crippen molar-refractivity contribution in [2.24, 2.45) is 11.8 Å². The number of halogens is 1. The first-order chi connectivity index (χ1) is 7.00. The molecule has 82 valence electrons. The first-order valence-electron chi connectivity index (χ1n) is 5.28. The van der Waals surface area contributed by atoms with Gasteiger partial charge in [-0.2, -0.15) is 0 Å². The van der Waals surface area contributed by atoms with Crippen LogP contribution in [0.5, 0.6) is 0 Å². The second kappa shape index (κ2) is 5.32. The average Bonchev–Trinajstić information content (AvgIpc) is 2.16. The zero-order valence-corrected chi connectivity index (χ0v) is 10.2. The van der Waals surface area contributed by atoms with Gasteiger partial charge in [-0.25, -0.2) is 0 Å². The van der Waals surface area contributed by atoms with Crippen molar-refractivity contribution >= 4 is 17.4 Å². The molecule has 1 nitrogen and oxygen atoms in total. The van der Waals surface area contributed by atoms with E-state index in [0.29, 0.717) is 17.4 Å².